The molecule has 17 heavy (non-hydrogen) atoms. The van der Waals surface area contributed by atoms with Crippen LogP contribution in [0.1, 0.15) is 18.6 Å². The van der Waals surface area contributed by atoms with Crippen LogP contribution in [0.5, 0.6) is 0 Å². The third kappa shape index (κ3) is 3.53. The van der Waals surface area contributed by atoms with Gasteiger partial charge in [-0.2, -0.15) is 0 Å². The molecule has 7 heteroatoms. The fourth-order valence-corrected chi connectivity index (χ4v) is 2.01. The zero-order valence-electron chi connectivity index (χ0n) is 9.59. The molecule has 0 saturated carbocycles. The maximum atomic E-state index is 13.4. The van der Waals surface area contributed by atoms with E-state index in [2.05, 4.69) is 0 Å². The first kappa shape index (κ1) is 14.2. The molecule has 0 spiro atoms. The Kier molecular flexibility index (Phi) is 5.13. The van der Waals surface area contributed by atoms with Crippen LogP contribution in [-0.2, 0) is 13.3 Å². The minimum atomic E-state index is -1.99. The summed E-state index contributed by atoms with van der Waals surface area (Å²) < 4.78 is 54.0. The van der Waals surface area contributed by atoms with Crippen molar-refractivity contribution in [3.8, 4) is 0 Å². The SMILES string of the molecule is CO[Si](OC)OC(C)c1cc(F)c(F)cc1F. The van der Waals surface area contributed by atoms with Gasteiger partial charge in [0.2, 0.25) is 0 Å². The fraction of sp³-hybridized carbons (Fsp3) is 0.400. The Morgan fingerprint density at radius 2 is 1.53 bits per heavy atom. The molecule has 0 aliphatic heterocycles. The van der Waals surface area contributed by atoms with Crippen molar-refractivity contribution in [3.05, 3.63) is 35.1 Å². The summed E-state index contributed by atoms with van der Waals surface area (Å²) >= 11 is 0. The molecule has 1 atom stereocenters. The Labute approximate surface area is 99.1 Å². The van der Waals surface area contributed by atoms with E-state index >= 15 is 0 Å². The van der Waals surface area contributed by atoms with Crippen LogP contribution in [0.3, 0.4) is 0 Å². The van der Waals surface area contributed by atoms with Gasteiger partial charge in [-0.1, -0.05) is 0 Å². The van der Waals surface area contributed by atoms with E-state index in [0.717, 1.165) is 6.07 Å². The van der Waals surface area contributed by atoms with Crippen LogP contribution in [0.25, 0.3) is 0 Å². The highest BCUT2D eigenvalue weighted by molar-refractivity contribution is 6.36. The first-order valence-corrected chi connectivity index (χ1v) is 5.98. The number of benzene rings is 1. The van der Waals surface area contributed by atoms with Crippen molar-refractivity contribution in [3.63, 3.8) is 0 Å². The second-order valence-electron chi connectivity index (χ2n) is 3.21. The van der Waals surface area contributed by atoms with Gasteiger partial charge in [0.05, 0.1) is 6.10 Å². The van der Waals surface area contributed by atoms with E-state index < -0.39 is 33.1 Å². The first-order chi connectivity index (χ1) is 7.99. The molecular weight excluding hydrogens is 253 g/mol. The van der Waals surface area contributed by atoms with Gasteiger partial charge >= 0.3 is 9.53 Å². The van der Waals surface area contributed by atoms with E-state index in [0.29, 0.717) is 6.07 Å². The molecule has 0 aromatic heterocycles. The van der Waals surface area contributed by atoms with E-state index in [1.165, 1.54) is 21.1 Å². The fourth-order valence-electron chi connectivity index (χ4n) is 1.24. The minimum Gasteiger partial charge on any atom is -0.375 e. The number of rotatable bonds is 5. The lowest BCUT2D eigenvalue weighted by Crippen LogP contribution is -2.25. The highest BCUT2D eigenvalue weighted by Crippen LogP contribution is 2.23. The third-order valence-electron chi connectivity index (χ3n) is 2.08. The predicted molar refractivity (Wildman–Crippen MR) is 55.6 cm³/mol. The molecule has 95 valence electrons. The van der Waals surface area contributed by atoms with Crippen molar-refractivity contribution < 1.29 is 26.4 Å². The Morgan fingerprint density at radius 3 is 2.06 bits per heavy atom. The molecule has 1 aromatic carbocycles. The van der Waals surface area contributed by atoms with Crippen LogP contribution in [0, 0.1) is 17.5 Å². The lowest BCUT2D eigenvalue weighted by atomic mass is 10.1. The Bertz CT molecular complexity index is 385. The lowest BCUT2D eigenvalue weighted by Gasteiger charge is -2.17. The van der Waals surface area contributed by atoms with Crippen LogP contribution in [0.15, 0.2) is 12.1 Å². The Balaban J connectivity index is 2.88. The zero-order valence-corrected chi connectivity index (χ0v) is 10.6. The van der Waals surface area contributed by atoms with Gasteiger partial charge in [-0.05, 0) is 13.0 Å². The van der Waals surface area contributed by atoms with Gasteiger partial charge in [0.25, 0.3) is 0 Å². The molecule has 0 saturated heterocycles. The summed E-state index contributed by atoms with van der Waals surface area (Å²) in [4.78, 5) is 0. The molecule has 0 fully saturated rings. The Hall–Kier alpha value is -0.893. The van der Waals surface area contributed by atoms with Crippen LogP contribution in [0.2, 0.25) is 0 Å². The molecule has 3 nitrogen and oxygen atoms in total. The second-order valence-corrected chi connectivity index (χ2v) is 4.76. The highest BCUT2D eigenvalue weighted by atomic mass is 28.3. The first-order valence-electron chi connectivity index (χ1n) is 4.75. The van der Waals surface area contributed by atoms with Gasteiger partial charge < -0.3 is 13.3 Å². The normalized spacial score (nSPS) is 13.1. The molecule has 1 aromatic rings. The smallest absolute Gasteiger partial charge is 0.375 e. The van der Waals surface area contributed by atoms with Crippen molar-refractivity contribution in [1.82, 2.24) is 0 Å². The van der Waals surface area contributed by atoms with Gasteiger partial charge in [-0.25, -0.2) is 13.2 Å². The van der Waals surface area contributed by atoms with Crippen LogP contribution >= 0.6 is 0 Å². The van der Waals surface area contributed by atoms with E-state index in [1.807, 2.05) is 0 Å². The molecule has 1 unspecified atom stereocenters. The maximum Gasteiger partial charge on any atom is 0.577 e. The summed E-state index contributed by atoms with van der Waals surface area (Å²) in [6.45, 7) is 1.50. The molecule has 0 bridgehead atoms. The monoisotopic (exact) mass is 265 g/mol. The molecule has 0 amide bonds. The van der Waals surface area contributed by atoms with E-state index in [-0.39, 0.29) is 5.56 Å². The standard InChI is InChI=1S/C10H12F3O3Si/c1-6(16-17(14-2)15-3)7-4-9(12)10(13)5-8(7)11/h4-6H,1-3H3. The second kappa shape index (κ2) is 6.15. The highest BCUT2D eigenvalue weighted by Gasteiger charge is 2.23. The van der Waals surface area contributed by atoms with Crippen molar-refractivity contribution in [2.75, 3.05) is 14.2 Å². The molecule has 1 rings (SSSR count). The minimum absolute atomic E-state index is 0.0829. The predicted octanol–water partition coefficient (Wildman–Crippen LogP) is 2.46. The van der Waals surface area contributed by atoms with Gasteiger partial charge in [0.15, 0.2) is 11.6 Å². The van der Waals surface area contributed by atoms with Gasteiger partial charge in [0.1, 0.15) is 5.82 Å². The average molecular weight is 265 g/mol. The summed E-state index contributed by atoms with van der Waals surface area (Å²) in [5, 5.41) is 0. The lowest BCUT2D eigenvalue weighted by molar-refractivity contribution is 0.0931. The Morgan fingerprint density at radius 1 is 1.00 bits per heavy atom. The number of hydrogen-bond acceptors (Lipinski definition) is 3. The summed E-state index contributed by atoms with van der Waals surface area (Å²) in [6, 6.07) is 1.25. The van der Waals surface area contributed by atoms with E-state index in [9.17, 15) is 13.2 Å². The van der Waals surface area contributed by atoms with Crippen LogP contribution in [0.4, 0.5) is 13.2 Å². The summed E-state index contributed by atoms with van der Waals surface area (Å²) in [5.41, 5.74) is -0.0829. The quantitative estimate of drug-likeness (QED) is 0.604. The average Bonchev–Trinajstić information content (AvgIpc) is 2.30. The summed E-state index contributed by atoms with van der Waals surface area (Å²) in [5.74, 6) is -3.23. The van der Waals surface area contributed by atoms with Crippen molar-refractivity contribution in [2.24, 2.45) is 0 Å². The molecule has 0 aliphatic rings. The van der Waals surface area contributed by atoms with Crippen LogP contribution < -0.4 is 0 Å². The summed E-state index contributed by atoms with van der Waals surface area (Å²) in [6.07, 6.45) is -0.793. The van der Waals surface area contributed by atoms with Crippen molar-refractivity contribution in [1.29, 1.82) is 0 Å². The molecule has 0 aliphatic carbocycles. The molecule has 0 heterocycles. The van der Waals surface area contributed by atoms with Crippen LogP contribution in [-0.4, -0.2) is 23.7 Å². The van der Waals surface area contributed by atoms with Crippen molar-refractivity contribution in [2.45, 2.75) is 13.0 Å². The molecule has 1 radical (unpaired) electrons. The third-order valence-corrected chi connectivity index (χ3v) is 3.30. The van der Waals surface area contributed by atoms with E-state index in [1.54, 1.807) is 0 Å². The van der Waals surface area contributed by atoms with Crippen molar-refractivity contribution >= 4 is 9.53 Å². The molecular formula is C10H12F3O3Si. The topological polar surface area (TPSA) is 27.7 Å². The maximum absolute atomic E-state index is 13.4. The number of hydrogen-bond donors (Lipinski definition) is 0. The van der Waals surface area contributed by atoms with Gasteiger partial charge in [-0.3, -0.25) is 0 Å². The van der Waals surface area contributed by atoms with Gasteiger partial charge in [0, 0.05) is 25.8 Å². The van der Waals surface area contributed by atoms with Gasteiger partial charge in [-0.15, -0.1) is 0 Å². The molecule has 0 N–H and O–H groups in total. The van der Waals surface area contributed by atoms with E-state index in [4.69, 9.17) is 13.3 Å². The zero-order chi connectivity index (χ0) is 13.0. The largest absolute Gasteiger partial charge is 0.577 e. The number of halogens is 3. The summed E-state index contributed by atoms with van der Waals surface area (Å²) in [7, 11) is 0.771.